The van der Waals surface area contributed by atoms with Crippen molar-refractivity contribution >= 4 is 11.6 Å². The first-order valence-electron chi connectivity index (χ1n) is 10.9. The van der Waals surface area contributed by atoms with E-state index in [1.165, 1.54) is 6.07 Å². The smallest absolute Gasteiger partial charge is 0.272 e. The average Bonchev–Trinajstić information content (AvgIpc) is 3.26. The number of morpholine rings is 1. The number of aryl methyl sites for hydroxylation is 2. The van der Waals surface area contributed by atoms with Crippen molar-refractivity contribution in [3.63, 3.8) is 0 Å². The predicted octanol–water partition coefficient (Wildman–Crippen LogP) is 3.68. The maximum atomic E-state index is 13.6. The van der Waals surface area contributed by atoms with E-state index in [1.807, 2.05) is 32.0 Å². The van der Waals surface area contributed by atoms with Crippen molar-refractivity contribution in [2.75, 3.05) is 19.7 Å². The minimum atomic E-state index is -0.343. The fourth-order valence-corrected chi connectivity index (χ4v) is 4.28. The molecule has 8 heteroatoms. The van der Waals surface area contributed by atoms with Gasteiger partial charge in [0, 0.05) is 24.0 Å². The van der Waals surface area contributed by atoms with Gasteiger partial charge in [0.25, 0.3) is 5.91 Å². The molecular formula is C25H24FN5O2. The monoisotopic (exact) mass is 445 g/mol. The quantitative estimate of drug-likeness (QED) is 0.479. The number of amides is 1. The molecule has 1 fully saturated rings. The van der Waals surface area contributed by atoms with Gasteiger partial charge in [-0.1, -0.05) is 12.1 Å². The number of aromatic nitrogens is 4. The van der Waals surface area contributed by atoms with E-state index < -0.39 is 0 Å². The van der Waals surface area contributed by atoms with E-state index in [0.29, 0.717) is 37.5 Å². The number of carbonyl (C=O) groups is 1. The molecule has 7 nitrogen and oxygen atoms in total. The van der Waals surface area contributed by atoms with Gasteiger partial charge in [0.05, 0.1) is 25.0 Å². The van der Waals surface area contributed by atoms with E-state index in [4.69, 9.17) is 4.74 Å². The van der Waals surface area contributed by atoms with Crippen molar-refractivity contribution in [1.82, 2.24) is 24.5 Å². The molecule has 0 saturated carbocycles. The average molecular weight is 445 g/mol. The Balaban J connectivity index is 1.39. The van der Waals surface area contributed by atoms with Gasteiger partial charge in [-0.05, 0) is 61.7 Å². The zero-order valence-electron chi connectivity index (χ0n) is 18.5. The molecule has 5 rings (SSSR count). The minimum absolute atomic E-state index is 0.116. The van der Waals surface area contributed by atoms with Crippen LogP contribution in [0.25, 0.3) is 5.65 Å². The molecular weight excluding hydrogens is 421 g/mol. The zero-order valence-corrected chi connectivity index (χ0v) is 18.5. The summed E-state index contributed by atoms with van der Waals surface area (Å²) in [4.78, 5) is 24.2. The summed E-state index contributed by atoms with van der Waals surface area (Å²) in [6.45, 7) is 5.08. The third-order valence-electron chi connectivity index (χ3n) is 5.72. The number of hydrogen-bond acceptors (Lipinski definition) is 5. The van der Waals surface area contributed by atoms with Crippen LogP contribution in [-0.4, -0.2) is 50.1 Å². The van der Waals surface area contributed by atoms with Crippen LogP contribution < -0.4 is 0 Å². The largest absolute Gasteiger partial charge is 0.368 e. The predicted molar refractivity (Wildman–Crippen MR) is 121 cm³/mol. The molecule has 0 radical (unpaired) electrons. The third-order valence-corrected chi connectivity index (χ3v) is 5.72. The fraction of sp³-hybridized carbons (Fsp3) is 0.280. The van der Waals surface area contributed by atoms with Crippen LogP contribution in [0.4, 0.5) is 4.39 Å². The van der Waals surface area contributed by atoms with Gasteiger partial charge < -0.3 is 9.64 Å². The lowest BCUT2D eigenvalue weighted by Gasteiger charge is -2.33. The van der Waals surface area contributed by atoms with Crippen LogP contribution in [0.3, 0.4) is 0 Å². The van der Waals surface area contributed by atoms with Crippen LogP contribution in [0.1, 0.15) is 44.8 Å². The number of nitrogens with zero attached hydrogens (tertiary/aromatic N) is 5. The Morgan fingerprint density at radius 3 is 2.79 bits per heavy atom. The highest BCUT2D eigenvalue weighted by Crippen LogP contribution is 2.24. The molecule has 1 amide bonds. The number of carbonyl (C=O) groups excluding carboxylic acids is 1. The van der Waals surface area contributed by atoms with Gasteiger partial charge in [-0.2, -0.15) is 5.10 Å². The number of hydrogen-bond donors (Lipinski definition) is 0. The number of rotatable bonds is 4. The topological polar surface area (TPSA) is 72.6 Å². The molecule has 168 valence electrons. The molecule has 1 atom stereocenters. The van der Waals surface area contributed by atoms with Crippen LogP contribution >= 0.6 is 0 Å². The highest BCUT2D eigenvalue weighted by atomic mass is 19.1. The van der Waals surface area contributed by atoms with Crippen molar-refractivity contribution in [2.45, 2.75) is 26.4 Å². The molecule has 33 heavy (non-hydrogen) atoms. The van der Waals surface area contributed by atoms with Crippen LogP contribution in [0, 0.1) is 19.7 Å². The van der Waals surface area contributed by atoms with Gasteiger partial charge in [0.2, 0.25) is 0 Å². The number of fused-ring (bicyclic) bond motifs is 1. The summed E-state index contributed by atoms with van der Waals surface area (Å²) in [5, 5.41) is 4.26. The Morgan fingerprint density at radius 1 is 1.09 bits per heavy atom. The summed E-state index contributed by atoms with van der Waals surface area (Å²) in [7, 11) is 0. The van der Waals surface area contributed by atoms with E-state index >= 15 is 0 Å². The molecule has 4 heterocycles. The van der Waals surface area contributed by atoms with E-state index in [9.17, 15) is 9.18 Å². The summed E-state index contributed by atoms with van der Waals surface area (Å²) in [6.07, 6.45) is 1.89. The van der Waals surface area contributed by atoms with Gasteiger partial charge in [-0.3, -0.25) is 9.78 Å². The first-order chi connectivity index (χ1) is 16.0. The Labute approximate surface area is 190 Å². The second-order valence-electron chi connectivity index (χ2n) is 8.34. The van der Waals surface area contributed by atoms with Crippen LogP contribution in [0.15, 0.2) is 54.7 Å². The summed E-state index contributed by atoms with van der Waals surface area (Å²) >= 11 is 0. The minimum Gasteiger partial charge on any atom is -0.368 e. The molecule has 3 aromatic heterocycles. The van der Waals surface area contributed by atoms with E-state index in [1.54, 1.807) is 39.9 Å². The first-order valence-corrected chi connectivity index (χ1v) is 10.9. The number of halogens is 1. The SMILES string of the molecule is Cc1cc(Cc2cccc(F)c2)cc([C@@H]2CN(C(=O)c3cc(C)nc4ccnn34)CCO2)n1. The third kappa shape index (κ3) is 4.47. The lowest BCUT2D eigenvalue weighted by atomic mass is 10.0. The van der Waals surface area contributed by atoms with Crippen LogP contribution in [-0.2, 0) is 11.2 Å². The van der Waals surface area contributed by atoms with Crippen LogP contribution in [0.2, 0.25) is 0 Å². The second kappa shape index (κ2) is 8.71. The molecule has 0 aliphatic carbocycles. The maximum absolute atomic E-state index is 13.6. The Morgan fingerprint density at radius 2 is 1.94 bits per heavy atom. The number of pyridine rings is 1. The summed E-state index contributed by atoms with van der Waals surface area (Å²) in [5.41, 5.74) is 5.43. The molecule has 0 bridgehead atoms. The first kappa shape index (κ1) is 21.2. The fourth-order valence-electron chi connectivity index (χ4n) is 4.28. The van der Waals surface area contributed by atoms with Crippen molar-refractivity contribution in [3.05, 3.63) is 94.4 Å². The standard InChI is InChI=1S/C25H24FN5O2/c1-16-10-19(12-18-4-3-5-20(26)13-18)14-21(28-16)23-15-30(8-9-33-23)25(32)22-11-17(2)29-24-6-7-27-31(22)24/h3-7,10-11,13-14,23H,8-9,12,15H2,1-2H3/t23-/m0/s1. The molecule has 1 aromatic carbocycles. The molecule has 1 aliphatic heterocycles. The molecule has 0 spiro atoms. The maximum Gasteiger partial charge on any atom is 0.272 e. The number of ether oxygens (including phenoxy) is 1. The molecule has 1 saturated heterocycles. The highest BCUT2D eigenvalue weighted by molar-refractivity contribution is 5.93. The summed E-state index contributed by atoms with van der Waals surface area (Å²) in [5.74, 6) is -0.365. The van der Waals surface area contributed by atoms with Crippen molar-refractivity contribution in [1.29, 1.82) is 0 Å². The highest BCUT2D eigenvalue weighted by Gasteiger charge is 2.29. The van der Waals surface area contributed by atoms with E-state index in [2.05, 4.69) is 15.1 Å². The van der Waals surface area contributed by atoms with Crippen molar-refractivity contribution in [3.8, 4) is 0 Å². The van der Waals surface area contributed by atoms with Crippen molar-refractivity contribution in [2.24, 2.45) is 0 Å². The molecule has 0 N–H and O–H groups in total. The second-order valence-corrected chi connectivity index (χ2v) is 8.34. The van der Waals surface area contributed by atoms with Gasteiger partial charge in [0.1, 0.15) is 17.6 Å². The van der Waals surface area contributed by atoms with Gasteiger partial charge in [0.15, 0.2) is 5.65 Å². The van der Waals surface area contributed by atoms with Gasteiger partial charge >= 0.3 is 0 Å². The molecule has 0 unspecified atom stereocenters. The zero-order chi connectivity index (χ0) is 22.9. The Hall–Kier alpha value is -3.65. The lowest BCUT2D eigenvalue weighted by Crippen LogP contribution is -2.43. The van der Waals surface area contributed by atoms with E-state index in [-0.39, 0.29) is 17.8 Å². The van der Waals surface area contributed by atoms with Gasteiger partial charge in [-0.25, -0.2) is 13.9 Å². The van der Waals surface area contributed by atoms with Gasteiger partial charge in [-0.15, -0.1) is 0 Å². The van der Waals surface area contributed by atoms with Crippen molar-refractivity contribution < 1.29 is 13.9 Å². The van der Waals surface area contributed by atoms with Crippen LogP contribution in [0.5, 0.6) is 0 Å². The summed E-state index contributed by atoms with van der Waals surface area (Å²) in [6, 6.07) is 14.1. The summed E-state index contributed by atoms with van der Waals surface area (Å²) < 4.78 is 21.2. The molecule has 1 aliphatic rings. The normalized spacial score (nSPS) is 16.3. The molecule has 4 aromatic rings. The van der Waals surface area contributed by atoms with E-state index in [0.717, 1.165) is 28.2 Å². The number of benzene rings is 1. The lowest BCUT2D eigenvalue weighted by molar-refractivity contribution is -0.0250. The Kier molecular flexibility index (Phi) is 5.60. The Bertz CT molecular complexity index is 1340.